The van der Waals surface area contributed by atoms with E-state index in [1.165, 1.54) is 6.66 Å². The highest BCUT2D eigenvalue weighted by Crippen LogP contribution is 2.55. The maximum absolute atomic E-state index is 11.1. The molecule has 2 aliphatic rings. The summed E-state index contributed by atoms with van der Waals surface area (Å²) < 4.78 is 21.7. The molecule has 10 heteroatoms. The number of aliphatic hydroxyl groups excluding tert-OH is 1. The molecule has 0 aromatic carbocycles. The van der Waals surface area contributed by atoms with E-state index in [9.17, 15) is 14.6 Å². The second-order valence-corrected chi connectivity index (χ2v) is 11.4. The van der Waals surface area contributed by atoms with Crippen LogP contribution < -0.4 is 5.50 Å². The van der Waals surface area contributed by atoms with Gasteiger partial charge >= 0.3 is 7.75 Å². The van der Waals surface area contributed by atoms with Gasteiger partial charge in [0, 0.05) is 6.66 Å². The van der Waals surface area contributed by atoms with Crippen LogP contribution in [-0.2, 0) is 13.6 Å². The SMILES string of the molecule is CP(=N)(O)OC1(CCCCC(O)CCCCC2(OP(N)(=O)O)CC2)CC1. The van der Waals surface area contributed by atoms with Crippen molar-refractivity contribution in [1.82, 2.24) is 0 Å². The van der Waals surface area contributed by atoms with Crippen molar-refractivity contribution in [3.05, 3.63) is 0 Å². The fourth-order valence-electron chi connectivity index (χ4n) is 3.51. The molecular formula is C16H34N2O6P2. The van der Waals surface area contributed by atoms with Crippen molar-refractivity contribution in [2.75, 3.05) is 6.66 Å². The Bertz CT molecular complexity index is 505. The molecule has 26 heavy (non-hydrogen) atoms. The summed E-state index contributed by atoms with van der Waals surface area (Å²) in [4.78, 5) is 18.7. The molecule has 0 aliphatic heterocycles. The Hall–Kier alpha value is 0.220. The second-order valence-electron chi connectivity index (χ2n) is 8.14. The highest BCUT2D eigenvalue weighted by atomic mass is 31.2. The molecule has 2 rings (SSSR count). The maximum Gasteiger partial charge on any atom is 0.400 e. The summed E-state index contributed by atoms with van der Waals surface area (Å²) in [6.07, 6.45) is 9.55. The predicted molar refractivity (Wildman–Crippen MR) is 101 cm³/mol. The lowest BCUT2D eigenvalue weighted by molar-refractivity contribution is 0.126. The Morgan fingerprint density at radius 3 is 1.77 bits per heavy atom. The smallest absolute Gasteiger partial charge is 0.393 e. The van der Waals surface area contributed by atoms with Gasteiger partial charge in [-0.3, -0.25) is 9.69 Å². The molecule has 2 aliphatic carbocycles. The van der Waals surface area contributed by atoms with Gasteiger partial charge < -0.3 is 19.4 Å². The number of rotatable bonds is 14. The van der Waals surface area contributed by atoms with Crippen LogP contribution in [0.5, 0.6) is 0 Å². The van der Waals surface area contributed by atoms with Crippen molar-refractivity contribution in [2.24, 2.45) is 5.50 Å². The first-order chi connectivity index (χ1) is 11.9. The van der Waals surface area contributed by atoms with E-state index in [1.54, 1.807) is 0 Å². The van der Waals surface area contributed by atoms with Gasteiger partial charge in [-0.2, -0.15) is 0 Å². The Morgan fingerprint density at radius 2 is 1.42 bits per heavy atom. The second kappa shape index (κ2) is 8.71. The molecule has 6 N–H and O–H groups in total. The van der Waals surface area contributed by atoms with Crippen LogP contribution in [0.3, 0.4) is 0 Å². The van der Waals surface area contributed by atoms with E-state index in [-0.39, 0.29) is 11.7 Å². The predicted octanol–water partition coefficient (Wildman–Crippen LogP) is 3.86. The van der Waals surface area contributed by atoms with Crippen LogP contribution >= 0.6 is 15.3 Å². The van der Waals surface area contributed by atoms with Crippen molar-refractivity contribution >= 4 is 15.3 Å². The number of aliphatic hydroxyl groups is 1. The molecule has 0 saturated heterocycles. The molecule has 0 aromatic rings. The zero-order chi connectivity index (χ0) is 19.5. The highest BCUT2D eigenvalue weighted by molar-refractivity contribution is 7.53. The lowest BCUT2D eigenvalue weighted by Crippen LogP contribution is -2.15. The number of nitrogens with one attached hydrogen (secondary N) is 1. The van der Waals surface area contributed by atoms with Crippen molar-refractivity contribution in [2.45, 2.75) is 94.4 Å². The summed E-state index contributed by atoms with van der Waals surface area (Å²) in [5, 5.41) is 17.6. The summed E-state index contributed by atoms with van der Waals surface area (Å²) in [5.41, 5.74) is 4.28. The molecular weight excluding hydrogens is 378 g/mol. The van der Waals surface area contributed by atoms with E-state index < -0.39 is 20.9 Å². The molecule has 154 valence electrons. The first-order valence-corrected chi connectivity index (χ1v) is 13.2. The van der Waals surface area contributed by atoms with Gasteiger partial charge in [-0.05, 0) is 51.4 Å². The maximum atomic E-state index is 11.1. The van der Waals surface area contributed by atoms with E-state index in [0.717, 1.165) is 64.2 Å². The van der Waals surface area contributed by atoms with Crippen LogP contribution in [0.4, 0.5) is 0 Å². The Labute approximate surface area is 156 Å². The minimum absolute atomic E-state index is 0.280. The number of unbranched alkanes of at least 4 members (excludes halogenated alkanes) is 2. The molecule has 3 unspecified atom stereocenters. The molecule has 2 fully saturated rings. The molecule has 0 radical (unpaired) electrons. The third-order valence-corrected chi connectivity index (χ3v) is 6.54. The molecule has 0 aromatic heterocycles. The third-order valence-electron chi connectivity index (χ3n) is 5.15. The summed E-state index contributed by atoms with van der Waals surface area (Å²) in [6.45, 7) is 1.44. The van der Waals surface area contributed by atoms with Crippen LogP contribution in [0.15, 0.2) is 0 Å². The van der Waals surface area contributed by atoms with Crippen LogP contribution in [0.1, 0.15) is 77.0 Å². The van der Waals surface area contributed by atoms with Gasteiger partial charge in [-0.25, -0.2) is 10.1 Å². The first kappa shape index (κ1) is 22.5. The zero-order valence-electron chi connectivity index (χ0n) is 15.6. The van der Waals surface area contributed by atoms with Crippen LogP contribution in [0.25, 0.3) is 0 Å². The molecule has 3 atom stereocenters. The Morgan fingerprint density at radius 1 is 1.00 bits per heavy atom. The summed E-state index contributed by atoms with van der Waals surface area (Å²) in [5.74, 6) is 0. The Balaban J connectivity index is 1.50. The van der Waals surface area contributed by atoms with E-state index in [2.05, 4.69) is 0 Å². The average molecular weight is 412 g/mol. The van der Waals surface area contributed by atoms with E-state index in [1.807, 2.05) is 0 Å². The molecule has 0 heterocycles. The summed E-state index contributed by atoms with van der Waals surface area (Å²) in [7, 11) is -6.85. The number of hydrogen-bond donors (Lipinski definition) is 5. The average Bonchev–Trinajstić information content (AvgIpc) is 3.37. The zero-order valence-corrected chi connectivity index (χ0v) is 17.4. The van der Waals surface area contributed by atoms with E-state index in [0.29, 0.717) is 12.8 Å². The van der Waals surface area contributed by atoms with Gasteiger partial charge in [0.15, 0.2) is 0 Å². The van der Waals surface area contributed by atoms with Crippen molar-refractivity contribution in [1.29, 1.82) is 5.16 Å². The molecule has 0 spiro atoms. The fourth-order valence-corrected chi connectivity index (χ4v) is 5.36. The Kier molecular flexibility index (Phi) is 7.54. The van der Waals surface area contributed by atoms with E-state index in [4.69, 9.17) is 24.6 Å². The molecule has 0 amide bonds. The topological polar surface area (TPSA) is 146 Å². The van der Waals surface area contributed by atoms with Gasteiger partial charge in [0.05, 0.1) is 17.3 Å². The number of nitrogens with two attached hydrogens (primary N) is 1. The summed E-state index contributed by atoms with van der Waals surface area (Å²) in [6, 6.07) is 0. The minimum atomic E-state index is -3.92. The van der Waals surface area contributed by atoms with Crippen molar-refractivity contribution < 1.29 is 28.5 Å². The normalized spacial score (nSPS) is 25.9. The largest absolute Gasteiger partial charge is 0.400 e. The van der Waals surface area contributed by atoms with Crippen molar-refractivity contribution in [3.63, 3.8) is 0 Å². The van der Waals surface area contributed by atoms with Crippen LogP contribution in [0, 0.1) is 5.16 Å². The molecule has 8 nitrogen and oxygen atoms in total. The standard InChI is InChI=1S/C16H34N2O6P2/c1-25(17,20)23-15(10-11-15)8-4-2-6-14(19)7-3-5-9-16(12-13-16)24-26(18,21)22/h14,19H,2-13H2,1H3,(H2,17,20)(H3,18,21,22). The molecule has 0 bridgehead atoms. The minimum Gasteiger partial charge on any atom is -0.393 e. The lowest BCUT2D eigenvalue weighted by Gasteiger charge is -2.20. The fraction of sp³-hybridized carbons (Fsp3) is 1.00. The highest BCUT2D eigenvalue weighted by Gasteiger charge is 2.47. The lowest BCUT2D eigenvalue weighted by atomic mass is 10.0. The van der Waals surface area contributed by atoms with Gasteiger partial charge in [-0.1, -0.05) is 25.7 Å². The van der Waals surface area contributed by atoms with Crippen LogP contribution in [-0.4, -0.2) is 38.9 Å². The van der Waals surface area contributed by atoms with Crippen LogP contribution in [0.2, 0.25) is 0 Å². The monoisotopic (exact) mass is 412 g/mol. The van der Waals surface area contributed by atoms with E-state index >= 15 is 0 Å². The first-order valence-electron chi connectivity index (χ1n) is 9.48. The van der Waals surface area contributed by atoms with Gasteiger partial charge in [0.2, 0.25) is 7.51 Å². The van der Waals surface area contributed by atoms with Gasteiger partial charge in [0.1, 0.15) is 0 Å². The quantitative estimate of drug-likeness (QED) is 0.215. The summed E-state index contributed by atoms with van der Waals surface area (Å²) >= 11 is 0. The van der Waals surface area contributed by atoms with Gasteiger partial charge in [0.25, 0.3) is 0 Å². The third kappa shape index (κ3) is 8.94. The number of hydrogen-bond acceptors (Lipinski definition) is 5. The molecule has 2 saturated carbocycles. The van der Waals surface area contributed by atoms with Crippen molar-refractivity contribution in [3.8, 4) is 0 Å². The van der Waals surface area contributed by atoms with Gasteiger partial charge in [-0.15, -0.1) is 0 Å².